The molecule has 3 heterocycles. The smallest absolute Gasteiger partial charge is 0.289 e. The fraction of sp³-hybridized carbons (Fsp3) is 0.240. The van der Waals surface area contributed by atoms with Gasteiger partial charge in [-0.1, -0.05) is 6.58 Å². The molecule has 1 aromatic carbocycles. The van der Waals surface area contributed by atoms with E-state index >= 15 is 0 Å². The number of hydrogen-bond acceptors (Lipinski definition) is 8. The van der Waals surface area contributed by atoms with E-state index in [2.05, 4.69) is 37.5 Å². The Kier molecular flexibility index (Phi) is 7.99. The molecule has 3 N–H and O–H groups in total. The van der Waals surface area contributed by atoms with E-state index in [1.165, 1.54) is 18.6 Å². The second-order valence-electron chi connectivity index (χ2n) is 7.87. The Labute approximate surface area is 208 Å². The van der Waals surface area contributed by atoms with Crippen molar-refractivity contribution in [2.75, 3.05) is 36.2 Å². The van der Waals surface area contributed by atoms with Crippen LogP contribution >= 0.6 is 11.6 Å². The number of alkyl halides is 1. The Morgan fingerprint density at radius 1 is 1.37 bits per heavy atom. The Morgan fingerprint density at radius 3 is 3.00 bits per heavy atom. The molecule has 0 amide bonds. The number of dihydropyridines is 1. The van der Waals surface area contributed by atoms with E-state index in [1.807, 2.05) is 25.1 Å². The maximum absolute atomic E-state index is 13.4. The number of fused-ring (bicyclic) bond motifs is 1. The van der Waals surface area contributed by atoms with Crippen molar-refractivity contribution in [1.29, 1.82) is 0 Å². The highest BCUT2D eigenvalue weighted by atomic mass is 35.5. The van der Waals surface area contributed by atoms with Crippen LogP contribution in [0.2, 0.25) is 0 Å². The third kappa shape index (κ3) is 6.60. The van der Waals surface area contributed by atoms with E-state index in [0.29, 0.717) is 36.4 Å². The lowest BCUT2D eigenvalue weighted by atomic mass is 10.2. The molecule has 182 valence electrons. The molecule has 1 aromatic heterocycles. The minimum absolute atomic E-state index is 0.0581. The number of amidine groups is 1. The molecule has 10 heteroatoms. The predicted octanol–water partition coefficient (Wildman–Crippen LogP) is 4.78. The van der Waals surface area contributed by atoms with Crippen molar-refractivity contribution in [3.05, 3.63) is 84.5 Å². The molecule has 1 unspecified atom stereocenters. The van der Waals surface area contributed by atoms with Crippen LogP contribution < -0.4 is 16.0 Å². The number of benzene rings is 1. The summed E-state index contributed by atoms with van der Waals surface area (Å²) in [5, 5.41) is 10.1. The fourth-order valence-electron chi connectivity index (χ4n) is 3.36. The summed E-state index contributed by atoms with van der Waals surface area (Å²) in [6.07, 6.45) is 9.51. The Hall–Kier alpha value is -3.85. The van der Waals surface area contributed by atoms with Crippen LogP contribution in [0.1, 0.15) is 6.92 Å². The molecule has 0 fully saturated rings. The quantitative estimate of drug-likeness (QED) is 0.261. The largest absolute Gasteiger partial charge is 0.492 e. The number of halogens is 2. The van der Waals surface area contributed by atoms with Crippen LogP contribution in [0.15, 0.2) is 89.5 Å². The van der Waals surface area contributed by atoms with Gasteiger partial charge < -0.3 is 25.4 Å². The summed E-state index contributed by atoms with van der Waals surface area (Å²) < 4.78 is 24.7. The number of nitrogens with one attached hydrogen (secondary N) is 3. The van der Waals surface area contributed by atoms with Crippen molar-refractivity contribution < 1.29 is 13.9 Å². The second kappa shape index (κ2) is 11.5. The van der Waals surface area contributed by atoms with Crippen LogP contribution in [-0.2, 0) is 9.47 Å². The van der Waals surface area contributed by atoms with E-state index in [1.54, 1.807) is 18.2 Å². The summed E-state index contributed by atoms with van der Waals surface area (Å²) in [5.41, 5.74) is 3.05. The molecule has 4 rings (SSSR count). The van der Waals surface area contributed by atoms with Crippen molar-refractivity contribution in [3.8, 4) is 0 Å². The summed E-state index contributed by atoms with van der Waals surface area (Å²) in [7, 11) is 0. The van der Waals surface area contributed by atoms with Gasteiger partial charge >= 0.3 is 0 Å². The SMILES string of the molecule is C=C/C(=C\C=C(/CCl)OCC1=CC(F)=CNC1)Nc1ncnc2ccc(NC3=NCC(C)O3)cc12. The normalized spacial score (nSPS) is 18.1. The average molecular weight is 497 g/mol. The highest BCUT2D eigenvalue weighted by Gasteiger charge is 2.15. The first kappa shape index (κ1) is 24.3. The molecule has 2 aliphatic rings. The molecule has 0 bridgehead atoms. The molecule has 0 radical (unpaired) electrons. The highest BCUT2D eigenvalue weighted by Crippen LogP contribution is 2.25. The number of nitrogens with zero attached hydrogens (tertiary/aromatic N) is 3. The number of rotatable bonds is 9. The number of anilines is 2. The summed E-state index contributed by atoms with van der Waals surface area (Å²) in [6.45, 7) is 7.23. The van der Waals surface area contributed by atoms with Crippen LogP contribution in [0.25, 0.3) is 10.9 Å². The minimum atomic E-state index is -0.335. The lowest BCUT2D eigenvalue weighted by Crippen LogP contribution is -2.17. The molecular formula is C25H26ClFN6O2. The molecule has 8 nitrogen and oxygen atoms in total. The predicted molar refractivity (Wildman–Crippen MR) is 138 cm³/mol. The monoisotopic (exact) mass is 496 g/mol. The first-order valence-electron chi connectivity index (χ1n) is 11.0. The van der Waals surface area contributed by atoms with Gasteiger partial charge in [-0.25, -0.2) is 19.4 Å². The molecule has 0 aliphatic carbocycles. The molecular weight excluding hydrogens is 471 g/mol. The number of aliphatic imine (C=N–C) groups is 1. The molecule has 2 aromatic rings. The second-order valence-corrected chi connectivity index (χ2v) is 8.14. The first-order chi connectivity index (χ1) is 17.0. The van der Waals surface area contributed by atoms with Gasteiger partial charge in [-0.2, -0.15) is 0 Å². The molecule has 0 spiro atoms. The van der Waals surface area contributed by atoms with Gasteiger partial charge in [-0.15, -0.1) is 11.6 Å². The van der Waals surface area contributed by atoms with Gasteiger partial charge in [-0.3, -0.25) is 0 Å². The van der Waals surface area contributed by atoms with Crippen LogP contribution in [0, 0.1) is 0 Å². The van der Waals surface area contributed by atoms with Crippen molar-refractivity contribution in [2.24, 2.45) is 4.99 Å². The van der Waals surface area contributed by atoms with E-state index in [-0.39, 0.29) is 24.4 Å². The highest BCUT2D eigenvalue weighted by molar-refractivity contribution is 6.19. The summed E-state index contributed by atoms with van der Waals surface area (Å²) >= 11 is 6.04. The van der Waals surface area contributed by atoms with Gasteiger partial charge in [0.05, 0.1) is 17.9 Å². The maximum Gasteiger partial charge on any atom is 0.289 e. The number of ether oxygens (including phenoxy) is 2. The zero-order valence-corrected chi connectivity index (χ0v) is 20.0. The van der Waals surface area contributed by atoms with Crippen molar-refractivity contribution >= 4 is 40.0 Å². The van der Waals surface area contributed by atoms with E-state index in [4.69, 9.17) is 21.1 Å². The minimum Gasteiger partial charge on any atom is -0.492 e. The molecule has 1 atom stereocenters. The van der Waals surface area contributed by atoms with Crippen molar-refractivity contribution in [1.82, 2.24) is 15.3 Å². The van der Waals surface area contributed by atoms with Crippen LogP contribution in [0.4, 0.5) is 15.9 Å². The topological polar surface area (TPSA) is 92.7 Å². The van der Waals surface area contributed by atoms with E-state index in [0.717, 1.165) is 22.2 Å². The van der Waals surface area contributed by atoms with Gasteiger partial charge in [-0.05, 0) is 55.0 Å². The van der Waals surface area contributed by atoms with Crippen molar-refractivity contribution in [3.63, 3.8) is 0 Å². The maximum atomic E-state index is 13.4. The van der Waals surface area contributed by atoms with Gasteiger partial charge in [0.25, 0.3) is 6.02 Å². The van der Waals surface area contributed by atoms with Crippen molar-refractivity contribution in [2.45, 2.75) is 13.0 Å². The lowest BCUT2D eigenvalue weighted by molar-refractivity contribution is 0.240. The molecule has 2 aliphatic heterocycles. The fourth-order valence-corrected chi connectivity index (χ4v) is 3.53. The Balaban J connectivity index is 1.49. The Morgan fingerprint density at radius 2 is 2.26 bits per heavy atom. The number of aromatic nitrogens is 2. The Bertz CT molecular complexity index is 1250. The summed E-state index contributed by atoms with van der Waals surface area (Å²) in [4.78, 5) is 13.1. The molecule has 0 saturated heterocycles. The summed E-state index contributed by atoms with van der Waals surface area (Å²) in [6, 6.07) is 6.22. The van der Waals surface area contributed by atoms with Gasteiger partial charge in [0, 0.05) is 29.5 Å². The van der Waals surface area contributed by atoms with E-state index < -0.39 is 0 Å². The average Bonchev–Trinajstić information content (AvgIpc) is 3.27. The van der Waals surface area contributed by atoms with Gasteiger partial charge in [0.1, 0.15) is 36.4 Å². The lowest BCUT2D eigenvalue weighted by Gasteiger charge is -2.14. The first-order valence-corrected chi connectivity index (χ1v) is 11.6. The van der Waals surface area contributed by atoms with Gasteiger partial charge in [0.15, 0.2) is 0 Å². The standard InChI is InChI=1S/C25H26ClFN6O2/c1-3-19(4-6-21(10-26)34-14-17-8-18(27)13-28-12-17)32-24-22-9-20(5-7-23(22)30-15-31-24)33-25-29-11-16(2)35-25/h3-9,13,15-16,28H,1,10-12,14H2,2H3,(H,29,33)(H,30,31,32)/b19-4+,21-6+. The zero-order chi connectivity index (χ0) is 24.6. The van der Waals surface area contributed by atoms with Crippen LogP contribution in [0.5, 0.6) is 0 Å². The third-order valence-electron chi connectivity index (χ3n) is 5.11. The van der Waals surface area contributed by atoms with Crippen LogP contribution in [-0.4, -0.2) is 47.7 Å². The zero-order valence-electron chi connectivity index (χ0n) is 19.2. The molecule has 0 saturated carbocycles. The van der Waals surface area contributed by atoms with Crippen LogP contribution in [0.3, 0.4) is 0 Å². The number of allylic oxidation sites excluding steroid dienone is 6. The third-order valence-corrected chi connectivity index (χ3v) is 5.37. The number of hydrogen-bond donors (Lipinski definition) is 3. The van der Waals surface area contributed by atoms with E-state index in [9.17, 15) is 4.39 Å². The summed E-state index contributed by atoms with van der Waals surface area (Å²) in [5.74, 6) is 0.970. The van der Waals surface area contributed by atoms with Gasteiger partial charge in [0.2, 0.25) is 0 Å². The molecule has 35 heavy (non-hydrogen) atoms.